The van der Waals surface area contributed by atoms with Crippen LogP contribution in [0.25, 0.3) is 0 Å². The van der Waals surface area contributed by atoms with E-state index in [0.29, 0.717) is 24.3 Å². The molecule has 1 saturated heterocycles. The highest BCUT2D eigenvalue weighted by molar-refractivity contribution is 5.25. The first-order valence-corrected chi connectivity index (χ1v) is 6.40. The Hall–Kier alpha value is -0.970. The molecular weight excluding hydrogens is 233 g/mol. The maximum atomic E-state index is 13.5. The van der Waals surface area contributed by atoms with Crippen LogP contribution in [0.15, 0.2) is 18.2 Å². The van der Waals surface area contributed by atoms with Crippen molar-refractivity contribution in [3.8, 4) is 0 Å². The van der Waals surface area contributed by atoms with Gasteiger partial charge in [0.25, 0.3) is 0 Å². The van der Waals surface area contributed by atoms with Gasteiger partial charge in [-0.1, -0.05) is 19.1 Å². The van der Waals surface area contributed by atoms with Crippen LogP contribution < -0.4 is 0 Å². The van der Waals surface area contributed by atoms with Gasteiger partial charge in [-0.25, -0.2) is 4.39 Å². The van der Waals surface area contributed by atoms with Gasteiger partial charge in [0.1, 0.15) is 18.0 Å². The molecule has 1 aromatic rings. The molecule has 1 heterocycles. The van der Waals surface area contributed by atoms with Crippen LogP contribution in [0, 0.1) is 12.7 Å². The maximum Gasteiger partial charge on any atom is 0.126 e. The van der Waals surface area contributed by atoms with Gasteiger partial charge < -0.3 is 9.84 Å². The zero-order chi connectivity index (χ0) is 13.1. The largest absolute Gasteiger partial charge is 0.386 e. The average molecular weight is 253 g/mol. The molecule has 1 aliphatic heterocycles. The van der Waals surface area contributed by atoms with Crippen LogP contribution in [-0.4, -0.2) is 42.4 Å². The van der Waals surface area contributed by atoms with Gasteiger partial charge in [0.05, 0.1) is 6.61 Å². The second-order valence-corrected chi connectivity index (χ2v) is 4.76. The zero-order valence-corrected chi connectivity index (χ0v) is 10.9. The summed E-state index contributed by atoms with van der Waals surface area (Å²) < 4.78 is 19.1. The molecule has 3 nitrogen and oxygen atoms in total. The van der Waals surface area contributed by atoms with E-state index in [4.69, 9.17) is 4.74 Å². The van der Waals surface area contributed by atoms with Crippen LogP contribution in [0.4, 0.5) is 4.39 Å². The average Bonchev–Trinajstić information content (AvgIpc) is 2.41. The van der Waals surface area contributed by atoms with Crippen molar-refractivity contribution in [1.29, 1.82) is 0 Å². The predicted molar refractivity (Wildman–Crippen MR) is 68.0 cm³/mol. The number of rotatable bonds is 3. The van der Waals surface area contributed by atoms with Gasteiger partial charge in [0, 0.05) is 13.1 Å². The summed E-state index contributed by atoms with van der Waals surface area (Å²) in [6, 6.07) is 4.85. The molecular formula is C14H20FNO2. The number of morpholine rings is 1. The fraction of sp³-hybridized carbons (Fsp3) is 0.571. The van der Waals surface area contributed by atoms with E-state index in [1.807, 2.05) is 0 Å². The number of hydrogen-bond donors (Lipinski definition) is 1. The summed E-state index contributed by atoms with van der Waals surface area (Å²) in [5.41, 5.74) is 1.17. The van der Waals surface area contributed by atoms with Crippen molar-refractivity contribution < 1.29 is 14.2 Å². The van der Waals surface area contributed by atoms with Crippen molar-refractivity contribution in [3.05, 3.63) is 35.1 Å². The monoisotopic (exact) mass is 253 g/mol. The minimum Gasteiger partial charge on any atom is -0.386 e. The Balaban J connectivity index is 2.10. The fourth-order valence-corrected chi connectivity index (χ4v) is 2.22. The molecule has 0 bridgehead atoms. The molecule has 1 N–H and O–H groups in total. The lowest BCUT2D eigenvalue weighted by Gasteiger charge is -2.34. The first kappa shape index (κ1) is 13.5. The van der Waals surface area contributed by atoms with E-state index in [2.05, 4.69) is 11.8 Å². The molecule has 0 spiro atoms. The highest BCUT2D eigenvalue weighted by Crippen LogP contribution is 2.23. The second-order valence-electron chi connectivity index (χ2n) is 4.76. The van der Waals surface area contributed by atoms with E-state index in [1.54, 1.807) is 19.1 Å². The number of aliphatic hydroxyl groups excluding tert-OH is 1. The molecule has 2 unspecified atom stereocenters. The van der Waals surface area contributed by atoms with Crippen LogP contribution in [0.2, 0.25) is 0 Å². The number of halogens is 1. The molecule has 18 heavy (non-hydrogen) atoms. The minimum absolute atomic E-state index is 0.277. The number of hydrogen-bond acceptors (Lipinski definition) is 3. The maximum absolute atomic E-state index is 13.5. The van der Waals surface area contributed by atoms with Gasteiger partial charge in [-0.05, 0) is 30.7 Å². The van der Waals surface area contributed by atoms with E-state index in [0.717, 1.165) is 13.1 Å². The number of aryl methyl sites for hydroxylation is 1. The molecule has 100 valence electrons. The Morgan fingerprint density at radius 3 is 3.00 bits per heavy atom. The van der Waals surface area contributed by atoms with Gasteiger partial charge in [0.15, 0.2) is 0 Å². The molecule has 1 fully saturated rings. The fourth-order valence-electron chi connectivity index (χ4n) is 2.22. The van der Waals surface area contributed by atoms with Crippen LogP contribution in [0.1, 0.15) is 24.2 Å². The number of benzene rings is 1. The van der Waals surface area contributed by atoms with Gasteiger partial charge in [-0.2, -0.15) is 0 Å². The third-order valence-corrected chi connectivity index (χ3v) is 3.51. The molecule has 1 aliphatic rings. The third-order valence-electron chi connectivity index (χ3n) is 3.51. The lowest BCUT2D eigenvalue weighted by Crippen LogP contribution is -2.44. The first-order chi connectivity index (χ1) is 8.61. The van der Waals surface area contributed by atoms with Crippen molar-refractivity contribution in [2.75, 3.05) is 26.2 Å². The lowest BCUT2D eigenvalue weighted by molar-refractivity contribution is -0.0889. The summed E-state index contributed by atoms with van der Waals surface area (Å²) in [6.45, 7) is 6.93. The van der Waals surface area contributed by atoms with Gasteiger partial charge >= 0.3 is 0 Å². The number of ether oxygens (including phenoxy) is 1. The number of likely N-dealkylation sites (N-methyl/N-ethyl adjacent to an activating group) is 1. The summed E-state index contributed by atoms with van der Waals surface area (Å²) in [4.78, 5) is 2.22. The highest BCUT2D eigenvalue weighted by Gasteiger charge is 2.27. The summed E-state index contributed by atoms with van der Waals surface area (Å²) in [7, 11) is 0. The van der Waals surface area contributed by atoms with Gasteiger partial charge in [0.2, 0.25) is 0 Å². The Morgan fingerprint density at radius 2 is 2.33 bits per heavy atom. The summed E-state index contributed by atoms with van der Waals surface area (Å²) >= 11 is 0. The lowest BCUT2D eigenvalue weighted by atomic mass is 10.0. The Bertz CT molecular complexity index is 411. The Morgan fingerprint density at radius 1 is 1.56 bits per heavy atom. The topological polar surface area (TPSA) is 32.7 Å². The van der Waals surface area contributed by atoms with Crippen LogP contribution in [-0.2, 0) is 4.74 Å². The summed E-state index contributed by atoms with van der Waals surface area (Å²) in [5, 5.41) is 10.3. The van der Waals surface area contributed by atoms with Crippen molar-refractivity contribution in [2.45, 2.75) is 26.1 Å². The van der Waals surface area contributed by atoms with E-state index >= 15 is 0 Å². The van der Waals surface area contributed by atoms with E-state index in [1.165, 1.54) is 6.07 Å². The molecule has 4 heteroatoms. The van der Waals surface area contributed by atoms with Crippen LogP contribution >= 0.6 is 0 Å². The SMILES string of the molecule is CCN1CCOC(C(O)c2ccc(C)c(F)c2)C1. The first-order valence-electron chi connectivity index (χ1n) is 6.40. The van der Waals surface area contributed by atoms with Crippen LogP contribution in [0.5, 0.6) is 0 Å². The van der Waals surface area contributed by atoms with Crippen molar-refractivity contribution in [1.82, 2.24) is 4.90 Å². The van der Waals surface area contributed by atoms with Crippen molar-refractivity contribution in [2.24, 2.45) is 0 Å². The molecule has 2 atom stereocenters. The third kappa shape index (κ3) is 2.88. The molecule has 0 aliphatic carbocycles. The zero-order valence-electron chi connectivity index (χ0n) is 10.9. The highest BCUT2D eigenvalue weighted by atomic mass is 19.1. The summed E-state index contributed by atoms with van der Waals surface area (Å²) in [6.07, 6.45) is -1.05. The molecule has 0 amide bonds. The molecule has 0 saturated carbocycles. The minimum atomic E-state index is -0.769. The molecule has 2 rings (SSSR count). The van der Waals surface area contributed by atoms with E-state index in [-0.39, 0.29) is 11.9 Å². The quantitative estimate of drug-likeness (QED) is 0.893. The van der Waals surface area contributed by atoms with E-state index < -0.39 is 6.10 Å². The standard InChI is InChI=1S/C14H20FNO2/c1-3-16-6-7-18-13(9-16)14(17)11-5-4-10(2)12(15)8-11/h4-5,8,13-14,17H,3,6-7,9H2,1-2H3. The smallest absolute Gasteiger partial charge is 0.126 e. The Labute approximate surface area is 107 Å². The number of aliphatic hydroxyl groups is 1. The van der Waals surface area contributed by atoms with Gasteiger partial charge in [-0.3, -0.25) is 4.90 Å². The molecule has 0 aromatic heterocycles. The predicted octanol–water partition coefficient (Wildman–Crippen LogP) is 1.89. The van der Waals surface area contributed by atoms with Crippen molar-refractivity contribution in [3.63, 3.8) is 0 Å². The molecule has 0 radical (unpaired) electrons. The summed E-state index contributed by atoms with van der Waals surface area (Å²) in [5.74, 6) is -0.283. The number of nitrogens with zero attached hydrogens (tertiary/aromatic N) is 1. The second kappa shape index (κ2) is 5.78. The van der Waals surface area contributed by atoms with Crippen molar-refractivity contribution >= 4 is 0 Å². The molecule has 1 aromatic carbocycles. The normalized spacial score (nSPS) is 23.0. The van der Waals surface area contributed by atoms with E-state index in [9.17, 15) is 9.50 Å². The Kier molecular flexibility index (Phi) is 4.32. The van der Waals surface area contributed by atoms with Crippen LogP contribution in [0.3, 0.4) is 0 Å². The van der Waals surface area contributed by atoms with Gasteiger partial charge in [-0.15, -0.1) is 0 Å².